The van der Waals surface area contributed by atoms with Crippen LogP contribution >= 0.6 is 11.8 Å². The fourth-order valence-electron chi connectivity index (χ4n) is 1.61. The van der Waals surface area contributed by atoms with Crippen LogP contribution in [0.1, 0.15) is 0 Å². The molecule has 1 aromatic carbocycles. The molecule has 0 spiro atoms. The average Bonchev–Trinajstić information content (AvgIpc) is 2.54. The molecule has 0 bridgehead atoms. The molecular weight excluding hydrogens is 348 g/mol. The average molecular weight is 360 g/mol. The SMILES string of the molecule is O=C(CSc1ccccn1)Nc1cccc(OC(F)(F)C(F)F)c1. The van der Waals surface area contributed by atoms with E-state index in [1.54, 1.807) is 24.4 Å². The zero-order valence-electron chi connectivity index (χ0n) is 12.1. The predicted octanol–water partition coefficient (Wildman–Crippen LogP) is 4.05. The molecule has 0 unspecified atom stereocenters. The van der Waals surface area contributed by atoms with Crippen molar-refractivity contribution in [1.82, 2.24) is 4.98 Å². The Morgan fingerprint density at radius 3 is 2.71 bits per heavy atom. The first-order chi connectivity index (χ1) is 11.4. The van der Waals surface area contributed by atoms with Gasteiger partial charge in [-0.05, 0) is 24.3 Å². The van der Waals surface area contributed by atoms with Crippen LogP contribution in [-0.2, 0) is 4.79 Å². The summed E-state index contributed by atoms with van der Waals surface area (Å²) in [4.78, 5) is 15.9. The molecule has 2 aromatic rings. The lowest BCUT2D eigenvalue weighted by Gasteiger charge is -2.17. The first-order valence-electron chi connectivity index (χ1n) is 6.65. The van der Waals surface area contributed by atoms with Gasteiger partial charge in [-0.3, -0.25) is 4.79 Å². The summed E-state index contributed by atoms with van der Waals surface area (Å²) < 4.78 is 53.9. The van der Waals surface area contributed by atoms with E-state index in [1.165, 1.54) is 23.9 Å². The van der Waals surface area contributed by atoms with E-state index in [2.05, 4.69) is 15.0 Å². The summed E-state index contributed by atoms with van der Waals surface area (Å²) in [6.07, 6.45) is -6.97. The van der Waals surface area contributed by atoms with Crippen LogP contribution in [0.3, 0.4) is 0 Å². The maximum absolute atomic E-state index is 12.9. The van der Waals surface area contributed by atoms with Gasteiger partial charge < -0.3 is 10.1 Å². The first kappa shape index (κ1) is 18.1. The van der Waals surface area contributed by atoms with Gasteiger partial charge in [-0.1, -0.05) is 23.9 Å². The summed E-state index contributed by atoms with van der Waals surface area (Å²) in [7, 11) is 0. The minimum atomic E-state index is -4.60. The van der Waals surface area contributed by atoms with Gasteiger partial charge in [-0.2, -0.15) is 17.6 Å². The molecule has 0 saturated carbocycles. The summed E-state index contributed by atoms with van der Waals surface area (Å²) in [5.74, 6) is -0.825. The van der Waals surface area contributed by atoms with Crippen LogP contribution in [0.2, 0.25) is 0 Å². The number of ether oxygens (including phenoxy) is 1. The molecule has 0 aliphatic heterocycles. The lowest BCUT2D eigenvalue weighted by molar-refractivity contribution is -0.253. The van der Waals surface area contributed by atoms with E-state index >= 15 is 0 Å². The Hall–Kier alpha value is -2.29. The highest BCUT2D eigenvalue weighted by atomic mass is 32.2. The van der Waals surface area contributed by atoms with Gasteiger partial charge in [-0.15, -0.1) is 0 Å². The number of nitrogens with zero attached hydrogens (tertiary/aromatic N) is 1. The fraction of sp³-hybridized carbons (Fsp3) is 0.200. The van der Waals surface area contributed by atoms with Crippen molar-refractivity contribution in [2.24, 2.45) is 0 Å². The van der Waals surface area contributed by atoms with Crippen LogP contribution in [0.4, 0.5) is 23.2 Å². The molecule has 128 valence electrons. The second kappa shape index (κ2) is 8.00. The van der Waals surface area contributed by atoms with Crippen LogP contribution in [-0.4, -0.2) is 29.2 Å². The number of halogens is 4. The monoisotopic (exact) mass is 360 g/mol. The standard InChI is InChI=1S/C15H12F4N2O2S/c16-14(17)15(18,19)23-11-5-3-4-10(8-11)21-12(22)9-24-13-6-1-2-7-20-13/h1-8,14H,9H2,(H,21,22). The summed E-state index contributed by atoms with van der Waals surface area (Å²) in [6.45, 7) is 0. The third-order valence-corrected chi connectivity index (χ3v) is 3.56. The maximum atomic E-state index is 12.9. The number of hydrogen-bond donors (Lipinski definition) is 1. The van der Waals surface area contributed by atoms with Crippen molar-refractivity contribution >= 4 is 23.4 Å². The lowest BCUT2D eigenvalue weighted by atomic mass is 10.3. The fourth-order valence-corrected chi connectivity index (χ4v) is 2.27. The van der Waals surface area contributed by atoms with Gasteiger partial charge >= 0.3 is 12.5 Å². The van der Waals surface area contributed by atoms with E-state index in [0.717, 1.165) is 12.1 Å². The van der Waals surface area contributed by atoms with Gasteiger partial charge in [0.1, 0.15) is 5.75 Å². The molecule has 1 heterocycles. The zero-order valence-corrected chi connectivity index (χ0v) is 12.9. The smallest absolute Gasteiger partial charge is 0.428 e. The number of carbonyl (C=O) groups is 1. The van der Waals surface area contributed by atoms with E-state index in [0.29, 0.717) is 5.03 Å². The van der Waals surface area contributed by atoms with Crippen molar-refractivity contribution in [3.05, 3.63) is 48.7 Å². The molecule has 4 nitrogen and oxygen atoms in total. The van der Waals surface area contributed by atoms with Crippen molar-refractivity contribution in [2.45, 2.75) is 17.6 Å². The molecule has 9 heteroatoms. The molecule has 0 aliphatic carbocycles. The number of thioether (sulfide) groups is 1. The summed E-state index contributed by atoms with van der Waals surface area (Å²) in [6, 6.07) is 10.1. The Morgan fingerprint density at radius 2 is 2.04 bits per heavy atom. The van der Waals surface area contributed by atoms with Gasteiger partial charge in [0.05, 0.1) is 10.8 Å². The van der Waals surface area contributed by atoms with Crippen molar-refractivity contribution in [3.63, 3.8) is 0 Å². The Labute approximate surface area is 139 Å². The molecule has 0 fully saturated rings. The number of rotatable bonds is 7. The van der Waals surface area contributed by atoms with Crippen molar-refractivity contribution in [1.29, 1.82) is 0 Å². The molecule has 0 saturated heterocycles. The van der Waals surface area contributed by atoms with Gasteiger partial charge in [0.15, 0.2) is 0 Å². The Morgan fingerprint density at radius 1 is 1.25 bits per heavy atom. The second-order valence-corrected chi connectivity index (χ2v) is 5.49. The number of aromatic nitrogens is 1. The number of hydrogen-bond acceptors (Lipinski definition) is 4. The lowest BCUT2D eigenvalue weighted by Crippen LogP contribution is -2.33. The normalized spacial score (nSPS) is 11.4. The molecule has 1 amide bonds. The molecule has 1 aromatic heterocycles. The van der Waals surface area contributed by atoms with Crippen molar-refractivity contribution < 1.29 is 27.1 Å². The summed E-state index contributed by atoms with van der Waals surface area (Å²) in [5, 5.41) is 3.12. The second-order valence-electron chi connectivity index (χ2n) is 4.50. The minimum Gasteiger partial charge on any atom is -0.428 e. The molecule has 2 rings (SSSR count). The number of nitrogens with one attached hydrogen (secondary N) is 1. The number of benzene rings is 1. The topological polar surface area (TPSA) is 51.2 Å². The van der Waals surface area contributed by atoms with Crippen LogP contribution in [0.5, 0.6) is 5.75 Å². The van der Waals surface area contributed by atoms with E-state index in [1.807, 2.05) is 0 Å². The predicted molar refractivity (Wildman–Crippen MR) is 81.6 cm³/mol. The summed E-state index contributed by atoms with van der Waals surface area (Å²) >= 11 is 1.19. The number of alkyl halides is 4. The van der Waals surface area contributed by atoms with Crippen LogP contribution in [0, 0.1) is 0 Å². The van der Waals surface area contributed by atoms with Crippen LogP contribution < -0.4 is 10.1 Å². The zero-order chi connectivity index (χ0) is 17.6. The number of anilines is 1. The van der Waals surface area contributed by atoms with E-state index in [9.17, 15) is 22.4 Å². The highest BCUT2D eigenvalue weighted by molar-refractivity contribution is 7.99. The Kier molecular flexibility index (Phi) is 6.02. The quantitative estimate of drug-likeness (QED) is 0.598. The number of carbonyl (C=O) groups excluding carboxylic acids is 1. The number of amides is 1. The van der Waals surface area contributed by atoms with Gasteiger partial charge in [0, 0.05) is 18.0 Å². The van der Waals surface area contributed by atoms with Gasteiger partial charge in [0.2, 0.25) is 5.91 Å². The summed E-state index contributed by atoms with van der Waals surface area (Å²) in [5.41, 5.74) is 0.157. The Bertz CT molecular complexity index is 686. The van der Waals surface area contributed by atoms with E-state index in [-0.39, 0.29) is 11.4 Å². The molecule has 0 aliphatic rings. The van der Waals surface area contributed by atoms with Gasteiger partial charge in [-0.25, -0.2) is 4.98 Å². The van der Waals surface area contributed by atoms with Crippen molar-refractivity contribution in [3.8, 4) is 5.75 Å². The van der Waals surface area contributed by atoms with E-state index < -0.39 is 24.2 Å². The highest BCUT2D eigenvalue weighted by Crippen LogP contribution is 2.29. The third kappa shape index (κ3) is 5.41. The van der Waals surface area contributed by atoms with Crippen LogP contribution in [0.25, 0.3) is 0 Å². The molecule has 0 atom stereocenters. The number of pyridine rings is 1. The van der Waals surface area contributed by atoms with Crippen molar-refractivity contribution in [2.75, 3.05) is 11.1 Å². The highest BCUT2D eigenvalue weighted by Gasteiger charge is 2.43. The molecule has 1 N–H and O–H groups in total. The molecular formula is C15H12F4N2O2S. The maximum Gasteiger partial charge on any atom is 0.461 e. The van der Waals surface area contributed by atoms with E-state index in [4.69, 9.17) is 0 Å². The third-order valence-electron chi connectivity index (χ3n) is 2.61. The first-order valence-corrected chi connectivity index (χ1v) is 7.64. The minimum absolute atomic E-state index is 0.0509. The largest absolute Gasteiger partial charge is 0.461 e. The van der Waals surface area contributed by atoms with Crippen LogP contribution in [0.15, 0.2) is 53.7 Å². The van der Waals surface area contributed by atoms with Gasteiger partial charge in [0.25, 0.3) is 0 Å². The molecule has 0 radical (unpaired) electrons. The molecule has 24 heavy (non-hydrogen) atoms. The Balaban J connectivity index is 1.93.